The van der Waals surface area contributed by atoms with Crippen molar-refractivity contribution in [2.45, 2.75) is 57.2 Å². The Hall–Kier alpha value is -2.06. The van der Waals surface area contributed by atoms with Crippen molar-refractivity contribution in [3.63, 3.8) is 0 Å². The standard InChI is InChI=1S/C28H32F3N5O5S6/c1-24(2)26(42,43)19(27(44,45)46)15-35(24)22-18(23(38)34-47(39,40)17-5-3-16(37)4-6-17)7-8-20(32-22)36-13-9-21(33-36)41-14-12-25(10-11-25)28(29,30)31/h3-9,13,19,37,42-46H,10-12,14-15H2,1-2H3,(H,34,38)/t19-/m1/s1. The molecule has 0 radical (unpaired) electrons. The number of nitrogens with zero attached hydrogens (tertiary/aromatic N) is 4. The molecule has 0 bridgehead atoms. The molecule has 1 saturated carbocycles. The van der Waals surface area contributed by atoms with Crippen LogP contribution in [0.25, 0.3) is 5.82 Å². The fourth-order valence-electron chi connectivity index (χ4n) is 5.41. The molecule has 2 aromatic heterocycles. The number of anilines is 1. The smallest absolute Gasteiger partial charge is 0.394 e. The van der Waals surface area contributed by atoms with Gasteiger partial charge in [0.1, 0.15) is 15.0 Å². The minimum atomic E-state index is -4.36. The van der Waals surface area contributed by atoms with E-state index in [0.29, 0.717) is 0 Å². The molecule has 2 aliphatic rings. The molecular weight excluding hydrogens is 736 g/mol. The van der Waals surface area contributed by atoms with Crippen LogP contribution in [0.5, 0.6) is 11.6 Å². The van der Waals surface area contributed by atoms with Gasteiger partial charge >= 0.3 is 6.18 Å². The number of carbonyl (C=O) groups excluding carboxylic acids is 1. The molecule has 10 nitrogen and oxygen atoms in total. The third-order valence-electron chi connectivity index (χ3n) is 8.71. The third-order valence-corrected chi connectivity index (χ3v) is 12.7. The largest absolute Gasteiger partial charge is 0.508 e. The summed E-state index contributed by atoms with van der Waals surface area (Å²) >= 11 is 23.3. The summed E-state index contributed by atoms with van der Waals surface area (Å²) in [6.07, 6.45) is -2.85. The predicted molar refractivity (Wildman–Crippen MR) is 187 cm³/mol. The maximum Gasteiger partial charge on any atom is 0.394 e. The van der Waals surface area contributed by atoms with E-state index in [4.69, 9.17) is 35.0 Å². The van der Waals surface area contributed by atoms with Crippen LogP contribution in [-0.4, -0.2) is 66.6 Å². The van der Waals surface area contributed by atoms with Crippen LogP contribution in [0.3, 0.4) is 0 Å². The van der Waals surface area contributed by atoms with Crippen LogP contribution in [0.2, 0.25) is 0 Å². The van der Waals surface area contributed by atoms with E-state index >= 15 is 0 Å². The van der Waals surface area contributed by atoms with Crippen molar-refractivity contribution >= 4 is 84.9 Å². The first-order valence-electron chi connectivity index (χ1n) is 14.1. The van der Waals surface area contributed by atoms with E-state index in [-0.39, 0.29) is 66.1 Å². The van der Waals surface area contributed by atoms with Gasteiger partial charge in [0.05, 0.1) is 32.1 Å². The molecule has 47 heavy (non-hydrogen) atoms. The highest BCUT2D eigenvalue weighted by molar-refractivity contribution is 8.17. The van der Waals surface area contributed by atoms with Gasteiger partial charge in [0.2, 0.25) is 5.88 Å². The topological polar surface area (TPSA) is 127 Å². The average Bonchev–Trinajstić information content (AvgIpc) is 3.56. The summed E-state index contributed by atoms with van der Waals surface area (Å²) in [6.45, 7) is 3.58. The van der Waals surface area contributed by atoms with Gasteiger partial charge in [0.25, 0.3) is 15.9 Å². The number of hydrogen-bond donors (Lipinski definition) is 7. The number of amides is 1. The highest BCUT2D eigenvalue weighted by atomic mass is 32.2. The molecule has 3 aromatic rings. The molecular formula is C28H32F3N5O5S6. The summed E-state index contributed by atoms with van der Waals surface area (Å²) in [5.41, 5.74) is -2.79. The minimum Gasteiger partial charge on any atom is -0.508 e. The van der Waals surface area contributed by atoms with Gasteiger partial charge in [0.15, 0.2) is 5.82 Å². The molecule has 5 rings (SSSR count). The first-order valence-corrected chi connectivity index (χ1v) is 17.8. The fourth-order valence-corrected chi connectivity index (χ4v) is 8.60. The van der Waals surface area contributed by atoms with E-state index in [2.05, 4.69) is 47.7 Å². The maximum atomic E-state index is 13.6. The summed E-state index contributed by atoms with van der Waals surface area (Å²) in [4.78, 5) is 19.8. The Bertz CT molecular complexity index is 1770. The number of aromatic hydroxyl groups is 1. The zero-order valence-electron chi connectivity index (χ0n) is 24.9. The second-order valence-corrected chi connectivity index (χ2v) is 18.7. The number of alkyl halides is 3. The zero-order valence-corrected chi connectivity index (χ0v) is 30.2. The summed E-state index contributed by atoms with van der Waals surface area (Å²) in [5, 5.41) is 13.9. The number of pyridine rings is 1. The van der Waals surface area contributed by atoms with Crippen LogP contribution in [0.1, 0.15) is 43.5 Å². The third kappa shape index (κ3) is 7.02. The number of hydrogen-bond acceptors (Lipinski definition) is 13. The average molecular weight is 768 g/mol. The van der Waals surface area contributed by atoms with Gasteiger partial charge in [-0.1, -0.05) is 0 Å². The molecule has 0 unspecified atom stereocenters. The Morgan fingerprint density at radius 3 is 2.28 bits per heavy atom. The number of sulfonamides is 1. The molecule has 2 fully saturated rings. The van der Waals surface area contributed by atoms with Crippen LogP contribution >= 0.6 is 63.1 Å². The molecule has 3 heterocycles. The van der Waals surface area contributed by atoms with Crippen molar-refractivity contribution in [3.8, 4) is 17.4 Å². The summed E-state index contributed by atoms with van der Waals surface area (Å²) in [5.74, 6) is -1.35. The van der Waals surface area contributed by atoms with Crippen molar-refractivity contribution in [3.05, 3.63) is 54.2 Å². The number of aromatic nitrogens is 3. The molecule has 1 atom stereocenters. The van der Waals surface area contributed by atoms with Gasteiger partial charge in [-0.25, -0.2) is 22.8 Å². The Labute approximate surface area is 297 Å². The van der Waals surface area contributed by atoms with E-state index in [0.717, 1.165) is 12.1 Å². The number of nitrogens with one attached hydrogen (secondary N) is 1. The minimum absolute atomic E-state index is 0.0546. The van der Waals surface area contributed by atoms with E-state index in [1.54, 1.807) is 4.90 Å². The molecule has 2 N–H and O–H groups in total. The Kier molecular flexibility index (Phi) is 9.53. The number of rotatable bonds is 10. The van der Waals surface area contributed by atoms with Crippen LogP contribution in [-0.2, 0) is 10.0 Å². The molecule has 256 valence electrons. The number of ether oxygens (including phenoxy) is 1. The van der Waals surface area contributed by atoms with Crippen molar-refractivity contribution in [2.75, 3.05) is 18.1 Å². The molecule has 0 spiro atoms. The molecule has 1 aromatic carbocycles. The summed E-state index contributed by atoms with van der Waals surface area (Å²) in [7, 11) is -4.36. The lowest BCUT2D eigenvalue weighted by Gasteiger charge is -2.42. The zero-order chi connectivity index (χ0) is 34.8. The lowest BCUT2D eigenvalue weighted by Crippen LogP contribution is -2.51. The van der Waals surface area contributed by atoms with Crippen LogP contribution in [0, 0.1) is 11.3 Å². The Balaban J connectivity index is 1.49. The van der Waals surface area contributed by atoms with Crippen LogP contribution < -0.4 is 14.4 Å². The van der Waals surface area contributed by atoms with E-state index in [1.807, 2.05) is 13.8 Å². The van der Waals surface area contributed by atoms with Crippen LogP contribution in [0.4, 0.5) is 19.0 Å². The van der Waals surface area contributed by atoms with Crippen molar-refractivity contribution < 1.29 is 36.2 Å². The second kappa shape index (κ2) is 12.4. The molecule has 19 heteroatoms. The lowest BCUT2D eigenvalue weighted by molar-refractivity contribution is -0.190. The van der Waals surface area contributed by atoms with Crippen LogP contribution in [0.15, 0.2) is 53.6 Å². The van der Waals surface area contributed by atoms with Gasteiger partial charge in [-0.2, -0.15) is 76.3 Å². The fraction of sp³-hybridized carbons (Fsp3) is 0.464. The monoisotopic (exact) mass is 767 g/mol. The van der Waals surface area contributed by atoms with Crippen molar-refractivity contribution in [2.24, 2.45) is 11.3 Å². The van der Waals surface area contributed by atoms with E-state index < -0.39 is 46.5 Å². The first-order chi connectivity index (χ1) is 21.6. The van der Waals surface area contributed by atoms with Crippen molar-refractivity contribution in [1.82, 2.24) is 19.5 Å². The maximum absolute atomic E-state index is 13.6. The second-order valence-electron chi connectivity index (χ2n) is 12.1. The number of phenolic OH excluding ortho intramolecular Hbond substituents is 1. The number of phenols is 1. The van der Waals surface area contributed by atoms with E-state index in [1.165, 1.54) is 41.2 Å². The van der Waals surface area contributed by atoms with Gasteiger partial charge in [-0.05, 0) is 69.5 Å². The summed E-state index contributed by atoms with van der Waals surface area (Å²) in [6, 6.07) is 8.92. The first kappa shape index (κ1) is 36.2. The Morgan fingerprint density at radius 1 is 1.09 bits per heavy atom. The Morgan fingerprint density at radius 2 is 1.72 bits per heavy atom. The number of halogens is 3. The van der Waals surface area contributed by atoms with Gasteiger partial charge in [-0.3, -0.25) is 4.79 Å². The van der Waals surface area contributed by atoms with Gasteiger partial charge in [-0.15, -0.1) is 5.10 Å². The molecule has 1 aliphatic carbocycles. The predicted octanol–water partition coefficient (Wildman–Crippen LogP) is 5.42. The molecule has 1 amide bonds. The number of carbonyl (C=O) groups is 1. The number of benzene rings is 1. The lowest BCUT2D eigenvalue weighted by atomic mass is 9.95. The normalized spacial score (nSPS) is 20.2. The molecule has 1 saturated heterocycles. The molecule has 1 aliphatic heterocycles. The van der Waals surface area contributed by atoms with E-state index in [9.17, 15) is 31.5 Å². The van der Waals surface area contributed by atoms with Gasteiger partial charge in [0, 0.05) is 24.7 Å². The summed E-state index contributed by atoms with van der Waals surface area (Å²) < 4.78 is 72.7. The highest BCUT2D eigenvalue weighted by Crippen LogP contribution is 2.60. The van der Waals surface area contributed by atoms with Gasteiger partial charge < -0.3 is 14.7 Å². The SMILES string of the molecule is CC1(C)N(c2nc(-n3ccc(OCCC4(C(F)(F)F)CC4)n3)ccc2C(=O)NS(=O)(=O)c2ccc(O)cc2)C[C@@H](C(S)(S)S)C1(S)S. The number of thiol groups is 5. The highest BCUT2D eigenvalue weighted by Gasteiger charge is 2.63. The quantitative estimate of drug-likeness (QED) is 0.108. The van der Waals surface area contributed by atoms with Crippen molar-refractivity contribution in [1.29, 1.82) is 0 Å².